The minimum Gasteiger partial charge on any atom is -0.506 e. The third-order valence-electron chi connectivity index (χ3n) is 4.66. The number of phenolic OH excluding ortho intramolecular Hbond substituents is 1. The molecule has 0 fully saturated rings. The van der Waals surface area contributed by atoms with Crippen LogP contribution in [0.15, 0.2) is 99.6 Å². The monoisotopic (exact) mass is 889 g/mol. The van der Waals surface area contributed by atoms with Gasteiger partial charge in [-0.1, -0.05) is 0 Å². The van der Waals surface area contributed by atoms with E-state index in [1.807, 2.05) is 24.3 Å². The first-order valence-electron chi connectivity index (χ1n) is 9.56. The van der Waals surface area contributed by atoms with Gasteiger partial charge in [0.1, 0.15) is 18.1 Å². The van der Waals surface area contributed by atoms with Crippen LogP contribution in [0.4, 0.5) is 0 Å². The van der Waals surface area contributed by atoms with E-state index in [4.69, 9.17) is 4.74 Å². The summed E-state index contributed by atoms with van der Waals surface area (Å²) in [4.78, 5) is 3.82. The average molecular weight is 889 g/mol. The van der Waals surface area contributed by atoms with Crippen LogP contribution >= 0.6 is 90.4 Å². The zero-order chi connectivity index (χ0) is 22.7. The molecule has 0 radical (unpaired) electrons. The number of hydrogen-bond acceptors (Lipinski definition) is 2. The lowest BCUT2D eigenvalue weighted by Gasteiger charge is -2.11. The van der Waals surface area contributed by atoms with E-state index in [0.29, 0.717) is 12.4 Å². The zero-order valence-electron chi connectivity index (χ0n) is 16.6. The molecule has 32 heavy (non-hydrogen) atoms. The van der Waals surface area contributed by atoms with E-state index in [9.17, 15) is 5.11 Å². The molecule has 1 N–H and O–H groups in total. The first-order chi connectivity index (χ1) is 15.4. The van der Waals surface area contributed by atoms with Crippen molar-refractivity contribution in [3.63, 3.8) is 0 Å². The molecule has 4 rings (SSSR count). The highest BCUT2D eigenvalue weighted by molar-refractivity contribution is 14.1. The summed E-state index contributed by atoms with van der Waals surface area (Å²) >= 11 is 9.09. The highest BCUT2D eigenvalue weighted by Gasteiger charge is 2.28. The summed E-state index contributed by atoms with van der Waals surface area (Å²) in [5, 5.41) is 10.3. The van der Waals surface area contributed by atoms with Gasteiger partial charge in [0.15, 0.2) is 14.7 Å². The Bertz CT molecular complexity index is 1170. The van der Waals surface area contributed by atoms with Gasteiger partial charge in [-0.25, -0.2) is 0 Å². The first kappa shape index (κ1) is 24.9. The molecule has 0 aromatic heterocycles. The molecule has 162 valence electrons. The topological polar surface area (TPSA) is 29.5 Å². The Kier molecular flexibility index (Phi) is 8.90. The molecule has 0 heterocycles. The molecule has 2 nitrogen and oxygen atoms in total. The molecule has 0 saturated heterocycles. The maximum atomic E-state index is 10.3. The minimum absolute atomic E-state index is 0.193. The summed E-state index contributed by atoms with van der Waals surface area (Å²) in [6.45, 7) is 0.331. The number of ether oxygens (including phenoxy) is 1. The van der Waals surface area contributed by atoms with E-state index in [2.05, 4.69) is 151 Å². The molecule has 0 unspecified atom stereocenters. The first-order valence-corrected chi connectivity index (χ1v) is 15.1. The van der Waals surface area contributed by atoms with Gasteiger partial charge in [-0.2, -0.15) is 0 Å². The normalized spacial score (nSPS) is 11.0. The number of hydrogen-bond donors (Lipinski definition) is 1. The van der Waals surface area contributed by atoms with Crippen LogP contribution < -0.4 is 4.74 Å². The number of benzene rings is 4. The second-order valence-corrected chi connectivity index (χ2v) is 13.8. The maximum Gasteiger partial charge on any atom is 0.166 e. The van der Waals surface area contributed by atoms with Gasteiger partial charge in [0.05, 0.1) is 14.5 Å². The highest BCUT2D eigenvalue weighted by Crippen LogP contribution is 2.33. The summed E-state index contributed by atoms with van der Waals surface area (Å²) in [6.07, 6.45) is 0. The van der Waals surface area contributed by atoms with Gasteiger partial charge in [-0.15, -0.1) is 0 Å². The van der Waals surface area contributed by atoms with Gasteiger partial charge in [0, 0.05) is 16.3 Å². The van der Waals surface area contributed by atoms with E-state index in [1.54, 1.807) is 0 Å². The van der Waals surface area contributed by atoms with E-state index < -0.39 is 0 Å². The predicted octanol–water partition coefficient (Wildman–Crippen LogP) is 8.49. The molecule has 0 atom stereocenters. The van der Waals surface area contributed by atoms with Gasteiger partial charge in [0.2, 0.25) is 0 Å². The van der Waals surface area contributed by atoms with Crippen LogP contribution in [0.25, 0.3) is 0 Å². The summed E-state index contributed by atoms with van der Waals surface area (Å²) < 4.78 is 10.4. The van der Waals surface area contributed by atoms with E-state index in [1.165, 1.54) is 21.8 Å². The van der Waals surface area contributed by atoms with E-state index >= 15 is 0 Å². The Balaban J connectivity index is 1.59. The number of rotatable bonds is 6. The van der Waals surface area contributed by atoms with E-state index in [-0.39, 0.29) is 10.9 Å². The smallest absolute Gasteiger partial charge is 0.166 e. The van der Waals surface area contributed by atoms with Crippen molar-refractivity contribution in [2.45, 2.75) is 21.3 Å². The lowest BCUT2D eigenvalue weighted by atomic mass is 10.2. The van der Waals surface area contributed by atoms with E-state index in [0.717, 1.165) is 18.5 Å². The van der Waals surface area contributed by atoms with Crippen molar-refractivity contribution in [2.24, 2.45) is 0 Å². The quantitative estimate of drug-likeness (QED) is 0.156. The fraction of sp³-hybridized carbons (Fsp3) is 0.0400. The predicted molar refractivity (Wildman–Crippen MR) is 165 cm³/mol. The summed E-state index contributed by atoms with van der Waals surface area (Å²) in [6, 6.07) is 29.7. The van der Waals surface area contributed by atoms with Gasteiger partial charge >= 0.3 is 0 Å². The largest absolute Gasteiger partial charge is 0.506 e. The van der Waals surface area contributed by atoms with Crippen LogP contribution in [0.5, 0.6) is 11.5 Å². The summed E-state index contributed by atoms with van der Waals surface area (Å²) in [5.74, 6) is 1.08. The van der Waals surface area contributed by atoms with Crippen molar-refractivity contribution in [1.29, 1.82) is 0 Å². The van der Waals surface area contributed by atoms with Crippen molar-refractivity contribution in [3.05, 3.63) is 105 Å². The van der Waals surface area contributed by atoms with Crippen LogP contribution in [0.3, 0.4) is 0 Å². The third-order valence-corrected chi connectivity index (χ3v) is 9.77. The summed E-state index contributed by atoms with van der Waals surface area (Å²) in [5.41, 5.74) is 0.794. The molecule has 7 heteroatoms. The number of phenols is 1. The third kappa shape index (κ3) is 6.25. The van der Waals surface area contributed by atoms with Crippen molar-refractivity contribution in [3.8, 4) is 11.5 Å². The van der Waals surface area contributed by atoms with Crippen molar-refractivity contribution in [2.75, 3.05) is 0 Å². The Morgan fingerprint density at radius 3 is 1.59 bits per heavy atom. The maximum absolute atomic E-state index is 10.3. The minimum atomic E-state index is -0.193. The van der Waals surface area contributed by atoms with Crippen LogP contribution in [0, 0.1) is 14.3 Å². The van der Waals surface area contributed by atoms with Gasteiger partial charge in [-0.3, -0.25) is 0 Å². The lowest BCUT2D eigenvalue weighted by molar-refractivity contribution is 0.298. The van der Waals surface area contributed by atoms with Crippen molar-refractivity contribution < 1.29 is 9.84 Å². The number of halogens is 4. The van der Waals surface area contributed by atoms with Crippen molar-refractivity contribution in [1.82, 2.24) is 0 Å². The average Bonchev–Trinajstić information content (AvgIpc) is 2.79. The molecule has 0 aliphatic heterocycles. The molecule has 4 aromatic carbocycles. The van der Waals surface area contributed by atoms with Crippen LogP contribution in [-0.4, -0.2) is 5.11 Å². The van der Waals surface area contributed by atoms with Crippen LogP contribution in [0.1, 0.15) is 5.56 Å². The Morgan fingerprint density at radius 1 is 0.625 bits per heavy atom. The van der Waals surface area contributed by atoms with Crippen LogP contribution in [-0.2, 0) is 17.5 Å². The molecule has 4 aromatic rings. The second-order valence-electron chi connectivity index (χ2n) is 6.87. The molecular formula is C25H17I4O2S+. The molecule has 0 amide bonds. The molecule has 0 bridgehead atoms. The summed E-state index contributed by atoms with van der Waals surface area (Å²) in [7, 11) is -0.193. The standard InChI is InChI=1S/C25H16I4O2S/c26-17-1-7-21(8-2-17)32(22-9-3-18(27)4-10-22)23-11-5-20(6-12-23)31-15-16-13-19(28)14-24(29)25(16)30/h1-14H,15H2/p+1. The fourth-order valence-electron chi connectivity index (χ4n) is 3.11. The molecule has 0 spiro atoms. The van der Waals surface area contributed by atoms with Crippen molar-refractivity contribution >= 4 is 101 Å². The van der Waals surface area contributed by atoms with Crippen LogP contribution in [0.2, 0.25) is 0 Å². The molecule has 0 aliphatic carbocycles. The Hall–Kier alpha value is -0.250. The fourth-order valence-corrected chi connectivity index (χ4v) is 7.84. The highest BCUT2D eigenvalue weighted by atomic mass is 127. The van der Waals surface area contributed by atoms with Gasteiger partial charge in [0.25, 0.3) is 0 Å². The lowest BCUT2D eigenvalue weighted by Crippen LogP contribution is -2.05. The number of aromatic hydroxyl groups is 1. The Labute approximate surface area is 245 Å². The van der Waals surface area contributed by atoms with Gasteiger partial charge in [-0.05, 0) is 175 Å². The second kappa shape index (κ2) is 11.5. The SMILES string of the molecule is Oc1c(I)cc(I)cc1COc1ccc([S+](c2ccc(I)cc2)c2ccc(I)cc2)cc1. The molecule has 0 saturated carbocycles. The Morgan fingerprint density at radius 2 is 1.09 bits per heavy atom. The molecule has 0 aliphatic rings. The molecular weight excluding hydrogens is 872 g/mol. The zero-order valence-corrected chi connectivity index (χ0v) is 26.0. The van der Waals surface area contributed by atoms with Gasteiger partial charge < -0.3 is 9.84 Å².